The van der Waals surface area contributed by atoms with Crippen LogP contribution in [-0.2, 0) is 0 Å². The lowest BCUT2D eigenvalue weighted by Gasteiger charge is -2.20. The summed E-state index contributed by atoms with van der Waals surface area (Å²) in [5.41, 5.74) is 3.63. The summed E-state index contributed by atoms with van der Waals surface area (Å²) in [6, 6.07) is 1.95. The molecule has 104 valence electrons. The molecule has 0 aliphatic heterocycles. The summed E-state index contributed by atoms with van der Waals surface area (Å²) in [5, 5.41) is 3.64. The molecule has 2 rings (SSSR count). The Balaban J connectivity index is 2.04. The molecule has 19 heavy (non-hydrogen) atoms. The van der Waals surface area contributed by atoms with Crippen molar-refractivity contribution in [3.63, 3.8) is 0 Å². The molecular weight excluding hydrogens is 260 g/mol. The zero-order valence-corrected chi connectivity index (χ0v) is 11.9. The van der Waals surface area contributed by atoms with E-state index < -0.39 is 0 Å². The first-order valence-electron chi connectivity index (χ1n) is 6.59. The van der Waals surface area contributed by atoms with Gasteiger partial charge in [-0.05, 0) is 24.7 Å². The molecule has 2 atom stereocenters. The van der Waals surface area contributed by atoms with Gasteiger partial charge in [-0.1, -0.05) is 13.3 Å². The Kier molecular flexibility index (Phi) is 5.04. The van der Waals surface area contributed by atoms with Crippen molar-refractivity contribution in [2.24, 2.45) is 5.84 Å². The van der Waals surface area contributed by atoms with E-state index in [9.17, 15) is 4.79 Å². The fourth-order valence-corrected chi connectivity index (χ4v) is 3.65. The maximum absolute atomic E-state index is 12.3. The Hall–Kier alpha value is -1.27. The highest BCUT2D eigenvalue weighted by Gasteiger charge is 2.29. The normalized spacial score (nSPS) is 22.2. The summed E-state index contributed by atoms with van der Waals surface area (Å²) >= 11 is 1.92. The van der Waals surface area contributed by atoms with Crippen LogP contribution in [-0.4, -0.2) is 27.9 Å². The molecule has 1 heterocycles. The molecular formula is C13H20N4OS. The van der Waals surface area contributed by atoms with Gasteiger partial charge in [-0.25, -0.2) is 0 Å². The first kappa shape index (κ1) is 14.1. The Morgan fingerprint density at radius 1 is 1.58 bits per heavy atom. The molecule has 0 saturated heterocycles. The van der Waals surface area contributed by atoms with Crippen molar-refractivity contribution in [3.8, 4) is 0 Å². The lowest BCUT2D eigenvalue weighted by Crippen LogP contribution is -2.39. The number of thioether (sulfide) groups is 1. The zero-order valence-electron chi connectivity index (χ0n) is 11.1. The topological polar surface area (TPSA) is 80.0 Å². The maximum Gasteiger partial charge on any atom is 0.255 e. The largest absolute Gasteiger partial charge is 0.348 e. The van der Waals surface area contributed by atoms with Crippen LogP contribution >= 0.6 is 11.8 Å². The van der Waals surface area contributed by atoms with Gasteiger partial charge in [-0.2, -0.15) is 11.8 Å². The van der Waals surface area contributed by atoms with Crippen molar-refractivity contribution in [2.75, 3.05) is 11.2 Å². The molecule has 1 amide bonds. The summed E-state index contributed by atoms with van der Waals surface area (Å²) < 4.78 is 0. The highest BCUT2D eigenvalue weighted by Crippen LogP contribution is 2.30. The lowest BCUT2D eigenvalue weighted by molar-refractivity contribution is 0.0939. The van der Waals surface area contributed by atoms with Crippen molar-refractivity contribution in [1.82, 2.24) is 10.3 Å². The molecule has 1 aromatic heterocycles. The predicted octanol–water partition coefficient (Wildman–Crippen LogP) is 1.77. The van der Waals surface area contributed by atoms with Crippen LogP contribution in [0.4, 0.5) is 5.69 Å². The standard InChI is InChI=1S/C13H20N4OS/c1-2-19-12-5-3-4-11(12)16-13(18)9-8-15-7-6-10(9)17-14/h6-8,11-12H,2-5,14H2,1H3,(H,15,17)(H,16,18). The third kappa shape index (κ3) is 3.39. The highest BCUT2D eigenvalue weighted by molar-refractivity contribution is 7.99. The summed E-state index contributed by atoms with van der Waals surface area (Å²) in [7, 11) is 0. The van der Waals surface area contributed by atoms with E-state index in [1.807, 2.05) is 11.8 Å². The maximum atomic E-state index is 12.3. The summed E-state index contributed by atoms with van der Waals surface area (Å²) in [4.78, 5) is 16.3. The van der Waals surface area contributed by atoms with E-state index in [4.69, 9.17) is 5.84 Å². The lowest BCUT2D eigenvalue weighted by atomic mass is 10.2. The molecule has 1 fully saturated rings. The number of nitrogens with zero attached hydrogens (tertiary/aromatic N) is 1. The Morgan fingerprint density at radius 3 is 3.16 bits per heavy atom. The van der Waals surface area contributed by atoms with Gasteiger partial charge in [-0.15, -0.1) is 0 Å². The molecule has 0 spiro atoms. The number of aromatic nitrogens is 1. The number of hydrazine groups is 1. The minimum absolute atomic E-state index is 0.102. The number of hydrogen-bond acceptors (Lipinski definition) is 5. The summed E-state index contributed by atoms with van der Waals surface area (Å²) in [6.07, 6.45) is 6.56. The Labute approximate surface area is 117 Å². The quantitative estimate of drug-likeness (QED) is 0.566. The second-order valence-corrected chi connectivity index (χ2v) is 6.09. The summed E-state index contributed by atoms with van der Waals surface area (Å²) in [5.74, 6) is 6.39. The fourth-order valence-electron chi connectivity index (χ4n) is 2.45. The first-order chi connectivity index (χ1) is 9.26. The van der Waals surface area contributed by atoms with Crippen LogP contribution < -0.4 is 16.6 Å². The number of pyridine rings is 1. The first-order valence-corrected chi connectivity index (χ1v) is 7.64. The number of hydrogen-bond donors (Lipinski definition) is 3. The number of carbonyl (C=O) groups excluding carboxylic acids is 1. The third-order valence-electron chi connectivity index (χ3n) is 3.37. The molecule has 2 unspecified atom stereocenters. The molecule has 1 aliphatic rings. The van der Waals surface area contributed by atoms with Crippen molar-refractivity contribution in [1.29, 1.82) is 0 Å². The van der Waals surface area contributed by atoms with Gasteiger partial charge in [0, 0.05) is 23.7 Å². The number of nitrogens with two attached hydrogens (primary N) is 1. The van der Waals surface area contributed by atoms with Gasteiger partial charge in [0.15, 0.2) is 0 Å². The van der Waals surface area contributed by atoms with Crippen molar-refractivity contribution >= 4 is 23.4 Å². The van der Waals surface area contributed by atoms with Crippen molar-refractivity contribution in [3.05, 3.63) is 24.0 Å². The van der Waals surface area contributed by atoms with Crippen molar-refractivity contribution in [2.45, 2.75) is 37.5 Å². The SMILES string of the molecule is CCSC1CCCC1NC(=O)c1cnccc1NN. The zero-order chi connectivity index (χ0) is 13.7. The molecule has 0 aromatic carbocycles. The minimum atomic E-state index is -0.102. The van der Waals surface area contributed by atoms with E-state index in [-0.39, 0.29) is 11.9 Å². The molecule has 1 saturated carbocycles. The molecule has 0 radical (unpaired) electrons. The predicted molar refractivity (Wildman–Crippen MR) is 79.1 cm³/mol. The fraction of sp³-hybridized carbons (Fsp3) is 0.538. The van der Waals surface area contributed by atoms with Crippen LogP contribution in [0.2, 0.25) is 0 Å². The molecule has 4 N–H and O–H groups in total. The summed E-state index contributed by atoms with van der Waals surface area (Å²) in [6.45, 7) is 2.15. The highest BCUT2D eigenvalue weighted by atomic mass is 32.2. The van der Waals surface area contributed by atoms with Gasteiger partial charge in [-0.3, -0.25) is 15.6 Å². The van der Waals surface area contributed by atoms with Gasteiger partial charge >= 0.3 is 0 Å². The third-order valence-corrected chi connectivity index (χ3v) is 4.70. The number of rotatable bonds is 5. The van der Waals surface area contributed by atoms with Crippen LogP contribution in [0, 0.1) is 0 Å². The van der Waals surface area contributed by atoms with Crippen molar-refractivity contribution < 1.29 is 4.79 Å². The monoisotopic (exact) mass is 280 g/mol. The average Bonchev–Trinajstić information content (AvgIpc) is 2.86. The van der Waals surface area contributed by atoms with E-state index >= 15 is 0 Å². The van der Waals surface area contributed by atoms with Gasteiger partial charge in [0.2, 0.25) is 0 Å². The molecule has 6 heteroatoms. The number of nitrogens with one attached hydrogen (secondary N) is 2. The second-order valence-electron chi connectivity index (χ2n) is 4.57. The average molecular weight is 280 g/mol. The molecule has 1 aromatic rings. The number of amides is 1. The molecule has 5 nitrogen and oxygen atoms in total. The molecule has 1 aliphatic carbocycles. The van der Waals surface area contributed by atoms with E-state index in [0.717, 1.165) is 12.2 Å². The second kappa shape index (κ2) is 6.77. The van der Waals surface area contributed by atoms with Crippen LogP contribution in [0.3, 0.4) is 0 Å². The number of anilines is 1. The van der Waals surface area contributed by atoms with Crippen LogP contribution in [0.1, 0.15) is 36.5 Å². The van der Waals surface area contributed by atoms with Crippen LogP contribution in [0.25, 0.3) is 0 Å². The number of nitrogen functional groups attached to an aromatic ring is 1. The minimum Gasteiger partial charge on any atom is -0.348 e. The van der Waals surface area contributed by atoms with Gasteiger partial charge in [0.1, 0.15) is 0 Å². The van der Waals surface area contributed by atoms with E-state index in [0.29, 0.717) is 16.5 Å². The number of carbonyl (C=O) groups is 1. The van der Waals surface area contributed by atoms with E-state index in [1.165, 1.54) is 12.8 Å². The van der Waals surface area contributed by atoms with Crippen LogP contribution in [0.5, 0.6) is 0 Å². The van der Waals surface area contributed by atoms with Crippen LogP contribution in [0.15, 0.2) is 18.5 Å². The smallest absolute Gasteiger partial charge is 0.255 e. The molecule has 0 bridgehead atoms. The van der Waals surface area contributed by atoms with E-state index in [2.05, 4.69) is 22.7 Å². The van der Waals surface area contributed by atoms with Gasteiger partial charge < -0.3 is 10.7 Å². The van der Waals surface area contributed by atoms with E-state index in [1.54, 1.807) is 18.5 Å². The Morgan fingerprint density at radius 2 is 2.42 bits per heavy atom. The van der Waals surface area contributed by atoms with Gasteiger partial charge in [0.25, 0.3) is 5.91 Å². The Bertz CT molecular complexity index is 440. The van der Waals surface area contributed by atoms with Gasteiger partial charge in [0.05, 0.1) is 11.3 Å².